The summed E-state index contributed by atoms with van der Waals surface area (Å²) < 4.78 is 14.7. The van der Waals surface area contributed by atoms with E-state index in [0.717, 1.165) is 0 Å². The number of rotatable bonds is 7. The Labute approximate surface area is 175 Å². The average Bonchev–Trinajstić information content (AvgIpc) is 2.68. The van der Waals surface area contributed by atoms with Crippen LogP contribution < -0.4 is 10.1 Å². The van der Waals surface area contributed by atoms with Gasteiger partial charge < -0.3 is 19.5 Å². The molecule has 0 fully saturated rings. The first-order valence-electron chi connectivity index (χ1n) is 7.72. The molecule has 0 unspecified atom stereocenters. The Balaban J connectivity index is 1.86. The van der Waals surface area contributed by atoms with E-state index in [1.807, 2.05) is 0 Å². The van der Waals surface area contributed by atoms with Gasteiger partial charge in [0, 0.05) is 6.07 Å². The van der Waals surface area contributed by atoms with Crippen molar-refractivity contribution in [2.24, 2.45) is 0 Å². The van der Waals surface area contributed by atoms with Crippen LogP contribution in [0.2, 0.25) is 15.1 Å². The fraction of sp³-hybridized carbons (Fsp3) is 0.167. The number of ether oxygens (including phenoxy) is 3. The Morgan fingerprint density at radius 3 is 2.36 bits per heavy atom. The summed E-state index contributed by atoms with van der Waals surface area (Å²) in [4.78, 5) is 35.4. The molecule has 7 nitrogen and oxygen atoms in total. The van der Waals surface area contributed by atoms with Crippen molar-refractivity contribution < 1.29 is 28.6 Å². The summed E-state index contributed by atoms with van der Waals surface area (Å²) in [5.74, 6) is -1.92. The largest absolute Gasteiger partial charge is 0.480 e. The molecule has 0 heterocycles. The number of hydrogen-bond acceptors (Lipinski definition) is 6. The first kappa shape index (κ1) is 21.8. The molecule has 0 aliphatic heterocycles. The first-order valence-corrected chi connectivity index (χ1v) is 8.85. The second-order valence-corrected chi connectivity index (χ2v) is 6.45. The molecule has 0 saturated carbocycles. The SMILES string of the molecule is COC(=O)c1ccccc1NC(=O)COC(=O)COc1cc(Cl)c(Cl)cc1Cl. The molecular weight excluding hydrogens is 433 g/mol. The lowest BCUT2D eigenvalue weighted by atomic mass is 10.2. The zero-order valence-electron chi connectivity index (χ0n) is 14.5. The maximum atomic E-state index is 12.0. The number of methoxy groups -OCH3 is 1. The number of halogens is 3. The van der Waals surface area contributed by atoms with E-state index >= 15 is 0 Å². The van der Waals surface area contributed by atoms with Crippen LogP contribution in [0.15, 0.2) is 36.4 Å². The highest BCUT2D eigenvalue weighted by molar-refractivity contribution is 6.43. The van der Waals surface area contributed by atoms with E-state index in [1.54, 1.807) is 12.1 Å². The second kappa shape index (κ2) is 10.2. The average molecular weight is 447 g/mol. The monoisotopic (exact) mass is 445 g/mol. The number of benzene rings is 2. The van der Waals surface area contributed by atoms with E-state index < -0.39 is 31.1 Å². The third kappa shape index (κ3) is 6.02. The van der Waals surface area contributed by atoms with Gasteiger partial charge in [-0.05, 0) is 18.2 Å². The van der Waals surface area contributed by atoms with E-state index in [-0.39, 0.29) is 32.1 Å². The van der Waals surface area contributed by atoms with Gasteiger partial charge >= 0.3 is 11.9 Å². The highest BCUT2D eigenvalue weighted by Gasteiger charge is 2.15. The third-order valence-corrected chi connectivity index (χ3v) is 4.31. The fourth-order valence-electron chi connectivity index (χ4n) is 2.01. The Kier molecular flexibility index (Phi) is 7.92. The van der Waals surface area contributed by atoms with Crippen molar-refractivity contribution in [3.05, 3.63) is 57.0 Å². The minimum Gasteiger partial charge on any atom is -0.480 e. The highest BCUT2D eigenvalue weighted by Crippen LogP contribution is 2.33. The van der Waals surface area contributed by atoms with Crippen molar-refractivity contribution in [1.82, 2.24) is 0 Å². The maximum absolute atomic E-state index is 12.0. The summed E-state index contributed by atoms with van der Waals surface area (Å²) >= 11 is 17.6. The van der Waals surface area contributed by atoms with Gasteiger partial charge in [0.2, 0.25) is 0 Å². The van der Waals surface area contributed by atoms with Gasteiger partial charge in [0.05, 0.1) is 33.4 Å². The lowest BCUT2D eigenvalue weighted by Gasteiger charge is -2.11. The van der Waals surface area contributed by atoms with Gasteiger partial charge in [-0.1, -0.05) is 46.9 Å². The summed E-state index contributed by atoms with van der Waals surface area (Å²) in [6.45, 7) is -1.07. The Morgan fingerprint density at radius 1 is 0.964 bits per heavy atom. The topological polar surface area (TPSA) is 90.9 Å². The van der Waals surface area contributed by atoms with Gasteiger partial charge in [-0.3, -0.25) is 4.79 Å². The zero-order chi connectivity index (χ0) is 20.7. The van der Waals surface area contributed by atoms with Crippen molar-refractivity contribution in [2.45, 2.75) is 0 Å². The van der Waals surface area contributed by atoms with Crippen LogP contribution in [0.3, 0.4) is 0 Å². The van der Waals surface area contributed by atoms with Crippen LogP contribution in [0.5, 0.6) is 5.75 Å². The molecule has 1 amide bonds. The molecule has 148 valence electrons. The molecule has 10 heteroatoms. The fourth-order valence-corrected chi connectivity index (χ4v) is 2.60. The predicted molar refractivity (Wildman–Crippen MR) is 104 cm³/mol. The summed E-state index contributed by atoms with van der Waals surface area (Å²) in [5, 5.41) is 3.08. The Bertz CT molecular complexity index is 903. The molecule has 2 aromatic rings. The highest BCUT2D eigenvalue weighted by atomic mass is 35.5. The van der Waals surface area contributed by atoms with Gasteiger partial charge in [0.15, 0.2) is 13.2 Å². The zero-order valence-corrected chi connectivity index (χ0v) is 16.7. The molecule has 2 rings (SSSR count). The number of para-hydroxylation sites is 1. The van der Waals surface area contributed by atoms with E-state index in [9.17, 15) is 14.4 Å². The van der Waals surface area contributed by atoms with E-state index in [1.165, 1.54) is 31.4 Å². The summed E-state index contributed by atoms with van der Waals surface area (Å²) in [6, 6.07) is 8.98. The normalized spacial score (nSPS) is 10.1. The molecule has 0 aliphatic carbocycles. The quantitative estimate of drug-likeness (QED) is 0.511. The van der Waals surface area contributed by atoms with Crippen molar-refractivity contribution in [2.75, 3.05) is 25.6 Å². The number of esters is 2. The third-order valence-electron chi connectivity index (χ3n) is 3.29. The lowest BCUT2D eigenvalue weighted by Crippen LogP contribution is -2.24. The van der Waals surface area contributed by atoms with Crippen LogP contribution in [0.25, 0.3) is 0 Å². The van der Waals surface area contributed by atoms with Gasteiger partial charge in [-0.2, -0.15) is 0 Å². The number of nitrogens with one attached hydrogen (secondary N) is 1. The molecule has 28 heavy (non-hydrogen) atoms. The molecule has 0 radical (unpaired) electrons. The van der Waals surface area contributed by atoms with Crippen molar-refractivity contribution >= 4 is 58.3 Å². The lowest BCUT2D eigenvalue weighted by molar-refractivity contribution is -0.149. The maximum Gasteiger partial charge on any atom is 0.344 e. The van der Waals surface area contributed by atoms with Crippen LogP contribution in [-0.2, 0) is 19.1 Å². The van der Waals surface area contributed by atoms with Gasteiger partial charge in [-0.25, -0.2) is 9.59 Å². The van der Waals surface area contributed by atoms with Crippen LogP contribution in [0.1, 0.15) is 10.4 Å². The molecule has 0 spiro atoms. The second-order valence-electron chi connectivity index (χ2n) is 5.23. The van der Waals surface area contributed by atoms with Gasteiger partial charge in [0.25, 0.3) is 5.91 Å². The van der Waals surface area contributed by atoms with Crippen LogP contribution in [-0.4, -0.2) is 38.2 Å². The van der Waals surface area contributed by atoms with Crippen LogP contribution >= 0.6 is 34.8 Å². The molecule has 0 bridgehead atoms. The molecule has 0 saturated heterocycles. The molecular formula is C18H14Cl3NO6. The predicted octanol–water partition coefficient (Wildman–Crippen LogP) is 3.99. The first-order chi connectivity index (χ1) is 13.3. The summed E-state index contributed by atoms with van der Waals surface area (Å²) in [5.41, 5.74) is 0.400. The number of anilines is 1. The summed E-state index contributed by atoms with van der Waals surface area (Å²) in [7, 11) is 1.23. The van der Waals surface area contributed by atoms with Crippen molar-refractivity contribution in [3.63, 3.8) is 0 Å². The minimum atomic E-state index is -0.807. The molecule has 0 atom stereocenters. The van der Waals surface area contributed by atoms with E-state index in [2.05, 4.69) is 10.1 Å². The van der Waals surface area contributed by atoms with Crippen molar-refractivity contribution in [3.8, 4) is 5.75 Å². The molecule has 0 aromatic heterocycles. The number of carbonyl (C=O) groups excluding carboxylic acids is 3. The Hall–Kier alpha value is -2.48. The number of hydrogen-bond donors (Lipinski definition) is 1. The van der Waals surface area contributed by atoms with Gasteiger partial charge in [-0.15, -0.1) is 0 Å². The standard InChI is InChI=1S/C18H14Cl3NO6/c1-26-18(25)10-4-2-3-5-14(10)22-16(23)8-28-17(24)9-27-15-7-12(20)11(19)6-13(15)21/h2-7H,8-9H2,1H3,(H,22,23). The number of amides is 1. The number of carbonyl (C=O) groups is 3. The van der Waals surface area contributed by atoms with E-state index in [4.69, 9.17) is 44.3 Å². The minimum absolute atomic E-state index is 0.143. The van der Waals surface area contributed by atoms with E-state index in [0.29, 0.717) is 0 Å². The van der Waals surface area contributed by atoms with Gasteiger partial charge in [0.1, 0.15) is 5.75 Å². The molecule has 0 aliphatic rings. The van der Waals surface area contributed by atoms with Crippen LogP contribution in [0.4, 0.5) is 5.69 Å². The Morgan fingerprint density at radius 2 is 1.64 bits per heavy atom. The molecule has 1 N–H and O–H groups in total. The van der Waals surface area contributed by atoms with Crippen molar-refractivity contribution in [1.29, 1.82) is 0 Å². The summed E-state index contributed by atoms with van der Waals surface area (Å²) in [6.07, 6.45) is 0. The molecule has 2 aromatic carbocycles. The van der Waals surface area contributed by atoms with Crippen LogP contribution in [0, 0.1) is 0 Å². The smallest absolute Gasteiger partial charge is 0.344 e.